The molecule has 3 heteroatoms. The second kappa shape index (κ2) is 6.20. The summed E-state index contributed by atoms with van der Waals surface area (Å²) in [6, 6.07) is 8.61. The first-order valence-electron chi connectivity index (χ1n) is 6.97. The van der Waals surface area contributed by atoms with E-state index in [1.54, 1.807) is 0 Å². The van der Waals surface area contributed by atoms with E-state index in [2.05, 4.69) is 38.1 Å². The topological polar surface area (TPSA) is 46.5 Å². The zero-order chi connectivity index (χ0) is 13.8. The fraction of sp³-hybridized carbons (Fsp3) is 0.562. The largest absolute Gasteiger partial charge is 0.480 e. The standard InChI is InChI=1S/C16H22O3/c1-11(2)16-13(9-19-10-15(17)18)8-7-12-5-3-4-6-14(12)16/h3-6,11,13,16H,7-10H2,1-2H3,(H,17,18). The van der Waals surface area contributed by atoms with Gasteiger partial charge in [0.2, 0.25) is 0 Å². The number of carboxylic acid groups (broad SMARTS) is 1. The number of benzene rings is 1. The molecule has 1 aliphatic rings. The summed E-state index contributed by atoms with van der Waals surface area (Å²) >= 11 is 0. The number of aliphatic carboxylic acids is 1. The molecule has 0 aromatic heterocycles. The van der Waals surface area contributed by atoms with Gasteiger partial charge in [0.15, 0.2) is 0 Å². The Hall–Kier alpha value is -1.35. The number of hydrogen-bond acceptors (Lipinski definition) is 2. The van der Waals surface area contributed by atoms with Crippen LogP contribution in [0.25, 0.3) is 0 Å². The van der Waals surface area contributed by atoms with E-state index in [0.717, 1.165) is 12.8 Å². The van der Waals surface area contributed by atoms with E-state index in [1.165, 1.54) is 11.1 Å². The molecule has 0 aliphatic heterocycles. The number of carboxylic acids is 1. The second-order valence-corrected chi connectivity index (χ2v) is 5.68. The summed E-state index contributed by atoms with van der Waals surface area (Å²) in [7, 11) is 0. The highest BCUT2D eigenvalue weighted by molar-refractivity contribution is 5.67. The van der Waals surface area contributed by atoms with Crippen LogP contribution in [-0.2, 0) is 16.0 Å². The molecule has 0 spiro atoms. The Bertz CT molecular complexity index is 439. The van der Waals surface area contributed by atoms with Crippen molar-refractivity contribution in [1.29, 1.82) is 0 Å². The summed E-state index contributed by atoms with van der Waals surface area (Å²) in [4.78, 5) is 10.5. The van der Waals surface area contributed by atoms with Gasteiger partial charge in [-0.25, -0.2) is 4.79 Å². The van der Waals surface area contributed by atoms with Crippen molar-refractivity contribution < 1.29 is 14.6 Å². The lowest BCUT2D eigenvalue weighted by molar-refractivity contribution is -0.142. The van der Waals surface area contributed by atoms with Crippen LogP contribution in [0.2, 0.25) is 0 Å². The number of carbonyl (C=O) groups is 1. The third kappa shape index (κ3) is 3.35. The molecule has 1 aromatic rings. The average molecular weight is 262 g/mol. The van der Waals surface area contributed by atoms with Crippen molar-refractivity contribution in [2.75, 3.05) is 13.2 Å². The fourth-order valence-corrected chi connectivity index (χ4v) is 3.25. The molecule has 0 bridgehead atoms. The van der Waals surface area contributed by atoms with Crippen molar-refractivity contribution in [3.05, 3.63) is 35.4 Å². The fourth-order valence-electron chi connectivity index (χ4n) is 3.25. The third-order valence-corrected chi connectivity index (χ3v) is 3.98. The number of rotatable bonds is 5. The number of hydrogen-bond donors (Lipinski definition) is 1. The molecular weight excluding hydrogens is 240 g/mol. The van der Waals surface area contributed by atoms with Gasteiger partial charge >= 0.3 is 5.97 Å². The predicted octanol–water partition coefficient (Wildman–Crippen LogP) is 3.09. The normalized spacial score (nSPS) is 22.3. The number of fused-ring (bicyclic) bond motifs is 1. The molecule has 0 amide bonds. The minimum atomic E-state index is -0.891. The predicted molar refractivity (Wildman–Crippen MR) is 74.3 cm³/mol. The molecule has 2 atom stereocenters. The SMILES string of the molecule is CC(C)C1c2ccccc2CCC1COCC(=O)O. The van der Waals surface area contributed by atoms with E-state index in [4.69, 9.17) is 9.84 Å². The quantitative estimate of drug-likeness (QED) is 0.887. The summed E-state index contributed by atoms with van der Waals surface area (Å²) in [6.45, 7) is 4.82. The van der Waals surface area contributed by atoms with Crippen molar-refractivity contribution in [3.63, 3.8) is 0 Å². The molecule has 0 fully saturated rings. The maximum atomic E-state index is 10.5. The summed E-state index contributed by atoms with van der Waals surface area (Å²) in [6.07, 6.45) is 2.15. The number of aryl methyl sites for hydroxylation is 1. The maximum absolute atomic E-state index is 10.5. The molecule has 19 heavy (non-hydrogen) atoms. The maximum Gasteiger partial charge on any atom is 0.329 e. The van der Waals surface area contributed by atoms with Crippen LogP contribution in [0.3, 0.4) is 0 Å². The zero-order valence-electron chi connectivity index (χ0n) is 11.6. The average Bonchev–Trinajstić information content (AvgIpc) is 2.37. The second-order valence-electron chi connectivity index (χ2n) is 5.68. The lowest BCUT2D eigenvalue weighted by Crippen LogP contribution is -2.29. The van der Waals surface area contributed by atoms with E-state index in [-0.39, 0.29) is 6.61 Å². The van der Waals surface area contributed by atoms with E-state index < -0.39 is 5.97 Å². The smallest absolute Gasteiger partial charge is 0.329 e. The van der Waals surface area contributed by atoms with Crippen LogP contribution in [0.5, 0.6) is 0 Å². The molecule has 0 saturated carbocycles. The van der Waals surface area contributed by atoms with Crippen molar-refractivity contribution in [1.82, 2.24) is 0 Å². The van der Waals surface area contributed by atoms with Gasteiger partial charge < -0.3 is 9.84 Å². The molecule has 2 unspecified atom stereocenters. The molecule has 3 nitrogen and oxygen atoms in total. The Balaban J connectivity index is 2.11. The summed E-state index contributed by atoms with van der Waals surface area (Å²) in [5, 5.41) is 8.65. The van der Waals surface area contributed by atoms with Gasteiger partial charge in [0.1, 0.15) is 6.61 Å². The van der Waals surface area contributed by atoms with Gasteiger partial charge in [-0.1, -0.05) is 38.1 Å². The lowest BCUT2D eigenvalue weighted by atomic mass is 9.70. The molecular formula is C16H22O3. The van der Waals surface area contributed by atoms with E-state index in [0.29, 0.717) is 24.4 Å². The first kappa shape index (κ1) is 14.1. The third-order valence-electron chi connectivity index (χ3n) is 3.98. The Morgan fingerprint density at radius 2 is 2.16 bits per heavy atom. The molecule has 1 N–H and O–H groups in total. The van der Waals surface area contributed by atoms with Gasteiger partial charge in [-0.2, -0.15) is 0 Å². The molecule has 0 saturated heterocycles. The van der Waals surface area contributed by atoms with Crippen LogP contribution < -0.4 is 0 Å². The van der Waals surface area contributed by atoms with Crippen molar-refractivity contribution >= 4 is 5.97 Å². The Morgan fingerprint density at radius 3 is 2.84 bits per heavy atom. The Kier molecular flexibility index (Phi) is 4.59. The summed E-state index contributed by atoms with van der Waals surface area (Å²) in [5.74, 6) is 0.546. The molecule has 1 aromatic carbocycles. The Labute approximate surface area is 114 Å². The lowest BCUT2D eigenvalue weighted by Gasteiger charge is -2.36. The first-order valence-corrected chi connectivity index (χ1v) is 6.97. The molecule has 104 valence electrons. The zero-order valence-corrected chi connectivity index (χ0v) is 11.6. The minimum absolute atomic E-state index is 0.192. The molecule has 0 radical (unpaired) electrons. The van der Waals surface area contributed by atoms with Crippen molar-refractivity contribution in [3.8, 4) is 0 Å². The Morgan fingerprint density at radius 1 is 1.42 bits per heavy atom. The minimum Gasteiger partial charge on any atom is -0.480 e. The van der Waals surface area contributed by atoms with Gasteiger partial charge in [-0.05, 0) is 41.7 Å². The number of ether oxygens (including phenoxy) is 1. The van der Waals surface area contributed by atoms with Crippen LogP contribution >= 0.6 is 0 Å². The van der Waals surface area contributed by atoms with Gasteiger partial charge in [0, 0.05) is 0 Å². The van der Waals surface area contributed by atoms with Gasteiger partial charge in [0.25, 0.3) is 0 Å². The van der Waals surface area contributed by atoms with E-state index in [9.17, 15) is 4.79 Å². The summed E-state index contributed by atoms with van der Waals surface area (Å²) < 4.78 is 5.33. The van der Waals surface area contributed by atoms with Gasteiger partial charge in [-0.3, -0.25) is 0 Å². The molecule has 0 heterocycles. The van der Waals surface area contributed by atoms with Crippen LogP contribution in [0.15, 0.2) is 24.3 Å². The van der Waals surface area contributed by atoms with Crippen LogP contribution in [-0.4, -0.2) is 24.3 Å². The summed E-state index contributed by atoms with van der Waals surface area (Å²) in [5.41, 5.74) is 2.86. The van der Waals surface area contributed by atoms with Crippen molar-refractivity contribution in [2.24, 2.45) is 11.8 Å². The highest BCUT2D eigenvalue weighted by Crippen LogP contribution is 2.40. The van der Waals surface area contributed by atoms with Crippen LogP contribution in [0.1, 0.15) is 37.3 Å². The highest BCUT2D eigenvalue weighted by atomic mass is 16.5. The first-order chi connectivity index (χ1) is 9.09. The van der Waals surface area contributed by atoms with Crippen molar-refractivity contribution in [2.45, 2.75) is 32.6 Å². The van der Waals surface area contributed by atoms with Crippen LogP contribution in [0, 0.1) is 11.8 Å². The van der Waals surface area contributed by atoms with Gasteiger partial charge in [-0.15, -0.1) is 0 Å². The van der Waals surface area contributed by atoms with E-state index >= 15 is 0 Å². The van der Waals surface area contributed by atoms with Gasteiger partial charge in [0.05, 0.1) is 6.61 Å². The monoisotopic (exact) mass is 262 g/mol. The highest BCUT2D eigenvalue weighted by Gasteiger charge is 2.31. The van der Waals surface area contributed by atoms with Crippen LogP contribution in [0.4, 0.5) is 0 Å². The van der Waals surface area contributed by atoms with E-state index in [1.807, 2.05) is 0 Å². The molecule has 1 aliphatic carbocycles. The molecule has 2 rings (SSSR count).